The molecule has 112 valence electrons. The summed E-state index contributed by atoms with van der Waals surface area (Å²) in [5.41, 5.74) is 5.92. The van der Waals surface area contributed by atoms with Crippen molar-refractivity contribution in [1.29, 1.82) is 0 Å². The second-order valence-electron chi connectivity index (χ2n) is 4.13. The third kappa shape index (κ3) is 4.48. The lowest BCUT2D eigenvalue weighted by Crippen LogP contribution is -2.23. The number of sulfonamides is 1. The summed E-state index contributed by atoms with van der Waals surface area (Å²) in [4.78, 5) is 7.89. The van der Waals surface area contributed by atoms with E-state index in [1.54, 1.807) is 24.4 Å². The molecule has 2 rings (SSSR count). The van der Waals surface area contributed by atoms with Gasteiger partial charge in [0.05, 0.1) is 17.1 Å². The normalized spacial score (nSPS) is 11.3. The molecule has 1 aromatic carbocycles. The summed E-state index contributed by atoms with van der Waals surface area (Å²) in [5, 5.41) is 0. The molecule has 0 aliphatic rings. The van der Waals surface area contributed by atoms with Gasteiger partial charge >= 0.3 is 0 Å². The van der Waals surface area contributed by atoms with Crippen molar-refractivity contribution < 1.29 is 13.2 Å². The Bertz CT molecular complexity index is 660. The van der Waals surface area contributed by atoms with Crippen molar-refractivity contribution >= 4 is 10.0 Å². The fourth-order valence-electron chi connectivity index (χ4n) is 1.57. The topological polar surface area (TPSA) is 107 Å². The average Bonchev–Trinajstić information content (AvgIpc) is 2.52. The van der Waals surface area contributed by atoms with Gasteiger partial charge in [-0.15, -0.1) is 0 Å². The standard InChI is InChI=1S/C13H16N4O3S/c14-6-8-20-12-1-3-13(4-2-12)21(18,19)17-9-11-5-7-15-10-16-11/h1-5,7,10,17H,6,8-9,14H2. The molecule has 0 saturated carbocycles. The first-order valence-electron chi connectivity index (χ1n) is 6.29. The van der Waals surface area contributed by atoms with Crippen LogP contribution in [0.15, 0.2) is 47.8 Å². The predicted molar refractivity (Wildman–Crippen MR) is 77.0 cm³/mol. The van der Waals surface area contributed by atoms with Gasteiger partial charge in [0.15, 0.2) is 0 Å². The molecular weight excluding hydrogens is 292 g/mol. The fraction of sp³-hybridized carbons (Fsp3) is 0.231. The first kappa shape index (κ1) is 15.4. The van der Waals surface area contributed by atoms with Gasteiger partial charge < -0.3 is 10.5 Å². The van der Waals surface area contributed by atoms with E-state index in [-0.39, 0.29) is 11.4 Å². The maximum absolute atomic E-state index is 12.1. The van der Waals surface area contributed by atoms with Crippen LogP contribution in [0.1, 0.15) is 5.69 Å². The van der Waals surface area contributed by atoms with Gasteiger partial charge in [0, 0.05) is 12.7 Å². The third-order valence-corrected chi connectivity index (χ3v) is 4.02. The highest BCUT2D eigenvalue weighted by atomic mass is 32.2. The molecule has 2 aromatic rings. The zero-order chi connectivity index (χ0) is 15.1. The molecule has 3 N–H and O–H groups in total. The smallest absolute Gasteiger partial charge is 0.240 e. The number of nitrogens with one attached hydrogen (secondary N) is 1. The van der Waals surface area contributed by atoms with Crippen molar-refractivity contribution in [3.63, 3.8) is 0 Å². The molecule has 0 unspecified atom stereocenters. The van der Waals surface area contributed by atoms with Crippen LogP contribution in [0.25, 0.3) is 0 Å². The van der Waals surface area contributed by atoms with Crippen molar-refractivity contribution in [3.05, 3.63) is 48.5 Å². The highest BCUT2D eigenvalue weighted by Crippen LogP contribution is 2.15. The molecule has 1 heterocycles. The second kappa shape index (κ2) is 7.11. The van der Waals surface area contributed by atoms with Crippen LogP contribution in [0, 0.1) is 0 Å². The molecule has 21 heavy (non-hydrogen) atoms. The van der Waals surface area contributed by atoms with E-state index in [9.17, 15) is 8.42 Å². The first-order valence-corrected chi connectivity index (χ1v) is 7.77. The maximum atomic E-state index is 12.1. The van der Waals surface area contributed by atoms with Gasteiger partial charge in [-0.3, -0.25) is 0 Å². The average molecular weight is 308 g/mol. The Balaban J connectivity index is 2.02. The minimum absolute atomic E-state index is 0.107. The largest absolute Gasteiger partial charge is 0.492 e. The van der Waals surface area contributed by atoms with Crippen LogP contribution in [0.5, 0.6) is 5.75 Å². The number of nitrogens with zero attached hydrogens (tertiary/aromatic N) is 2. The van der Waals surface area contributed by atoms with E-state index in [1.807, 2.05) is 0 Å². The van der Waals surface area contributed by atoms with Gasteiger partial charge in [-0.1, -0.05) is 0 Å². The number of aromatic nitrogens is 2. The van der Waals surface area contributed by atoms with Crippen LogP contribution >= 0.6 is 0 Å². The highest BCUT2D eigenvalue weighted by molar-refractivity contribution is 7.89. The molecule has 1 aromatic heterocycles. The van der Waals surface area contributed by atoms with Crippen molar-refractivity contribution in [2.24, 2.45) is 5.73 Å². The minimum atomic E-state index is -3.59. The van der Waals surface area contributed by atoms with E-state index in [2.05, 4.69) is 14.7 Å². The first-order chi connectivity index (χ1) is 10.1. The minimum Gasteiger partial charge on any atom is -0.492 e. The van der Waals surface area contributed by atoms with E-state index in [0.29, 0.717) is 24.6 Å². The van der Waals surface area contributed by atoms with Gasteiger partial charge in [0.25, 0.3) is 0 Å². The molecular formula is C13H16N4O3S. The van der Waals surface area contributed by atoms with Gasteiger partial charge in [0.1, 0.15) is 18.7 Å². The Labute approximate surface area is 123 Å². The fourth-order valence-corrected chi connectivity index (χ4v) is 2.57. The summed E-state index contributed by atoms with van der Waals surface area (Å²) in [6.07, 6.45) is 2.92. The molecule has 8 heteroatoms. The van der Waals surface area contributed by atoms with Crippen LogP contribution in [-0.2, 0) is 16.6 Å². The summed E-state index contributed by atoms with van der Waals surface area (Å²) < 4.78 is 32.0. The Kier molecular flexibility index (Phi) is 5.20. The van der Waals surface area contributed by atoms with Gasteiger partial charge in [-0.05, 0) is 30.3 Å². The Morgan fingerprint density at radius 3 is 2.57 bits per heavy atom. The molecule has 0 bridgehead atoms. The molecule has 7 nitrogen and oxygen atoms in total. The SMILES string of the molecule is NCCOc1ccc(S(=O)(=O)NCc2ccncn2)cc1. The zero-order valence-corrected chi connectivity index (χ0v) is 12.1. The van der Waals surface area contributed by atoms with Crippen LogP contribution in [0.4, 0.5) is 0 Å². The van der Waals surface area contributed by atoms with E-state index in [4.69, 9.17) is 10.5 Å². The van der Waals surface area contributed by atoms with E-state index < -0.39 is 10.0 Å². The Hall–Kier alpha value is -2.03. The van der Waals surface area contributed by atoms with Crippen molar-refractivity contribution in [1.82, 2.24) is 14.7 Å². The number of benzene rings is 1. The van der Waals surface area contributed by atoms with Crippen molar-refractivity contribution in [2.45, 2.75) is 11.4 Å². The zero-order valence-electron chi connectivity index (χ0n) is 11.3. The van der Waals surface area contributed by atoms with Crippen LogP contribution in [0.2, 0.25) is 0 Å². The summed E-state index contributed by atoms with van der Waals surface area (Å²) in [6, 6.07) is 7.79. The molecule has 0 fully saturated rings. The molecule has 0 aliphatic heterocycles. The molecule has 0 spiro atoms. The second-order valence-corrected chi connectivity index (χ2v) is 5.90. The molecule has 0 radical (unpaired) electrons. The Morgan fingerprint density at radius 1 is 1.19 bits per heavy atom. The predicted octanol–water partition coefficient (Wildman–Crippen LogP) is 0.293. The van der Waals surface area contributed by atoms with Crippen LogP contribution in [0.3, 0.4) is 0 Å². The monoisotopic (exact) mass is 308 g/mol. The van der Waals surface area contributed by atoms with E-state index in [0.717, 1.165) is 0 Å². The lowest BCUT2D eigenvalue weighted by Gasteiger charge is -2.08. The highest BCUT2D eigenvalue weighted by Gasteiger charge is 2.13. The summed E-state index contributed by atoms with van der Waals surface area (Å²) >= 11 is 0. The Morgan fingerprint density at radius 2 is 1.95 bits per heavy atom. The van der Waals surface area contributed by atoms with E-state index in [1.165, 1.54) is 18.5 Å². The lowest BCUT2D eigenvalue weighted by molar-refractivity contribution is 0.328. The summed E-state index contributed by atoms with van der Waals surface area (Å²) in [5.74, 6) is 0.579. The molecule has 0 saturated heterocycles. The van der Waals surface area contributed by atoms with Crippen molar-refractivity contribution in [2.75, 3.05) is 13.2 Å². The number of hydrogen-bond donors (Lipinski definition) is 2. The van der Waals surface area contributed by atoms with Crippen LogP contribution in [-0.4, -0.2) is 31.5 Å². The maximum Gasteiger partial charge on any atom is 0.240 e. The molecule has 0 aliphatic carbocycles. The lowest BCUT2D eigenvalue weighted by atomic mass is 10.3. The molecule has 0 atom stereocenters. The number of ether oxygens (including phenoxy) is 1. The van der Waals surface area contributed by atoms with E-state index >= 15 is 0 Å². The number of hydrogen-bond acceptors (Lipinski definition) is 6. The number of nitrogens with two attached hydrogens (primary N) is 1. The summed E-state index contributed by atoms with van der Waals surface area (Å²) in [6.45, 7) is 0.898. The number of rotatable bonds is 7. The summed E-state index contributed by atoms with van der Waals surface area (Å²) in [7, 11) is -3.59. The van der Waals surface area contributed by atoms with Gasteiger partial charge in [-0.25, -0.2) is 23.1 Å². The van der Waals surface area contributed by atoms with Crippen LogP contribution < -0.4 is 15.2 Å². The van der Waals surface area contributed by atoms with Gasteiger partial charge in [0.2, 0.25) is 10.0 Å². The third-order valence-electron chi connectivity index (χ3n) is 2.61. The molecule has 0 amide bonds. The van der Waals surface area contributed by atoms with Gasteiger partial charge in [-0.2, -0.15) is 0 Å². The van der Waals surface area contributed by atoms with Crippen molar-refractivity contribution in [3.8, 4) is 5.75 Å². The quantitative estimate of drug-likeness (QED) is 0.761.